The van der Waals surface area contributed by atoms with Crippen LogP contribution in [0.25, 0.3) is 0 Å². The monoisotopic (exact) mass is 262 g/mol. The summed E-state index contributed by atoms with van der Waals surface area (Å²) in [4.78, 5) is 8.65. The molecule has 1 saturated heterocycles. The predicted molar refractivity (Wildman–Crippen MR) is 67.8 cm³/mol. The van der Waals surface area contributed by atoms with Crippen LogP contribution in [0.3, 0.4) is 0 Å². The lowest BCUT2D eigenvalue weighted by Gasteiger charge is -2.02. The second-order valence-corrected chi connectivity index (χ2v) is 4.88. The van der Waals surface area contributed by atoms with E-state index in [1.54, 1.807) is 0 Å². The first kappa shape index (κ1) is 12.3. The molecule has 1 fully saturated rings. The van der Waals surface area contributed by atoms with Gasteiger partial charge < -0.3 is 13.8 Å². The summed E-state index contributed by atoms with van der Waals surface area (Å²) in [6.45, 7) is 4.45. The van der Waals surface area contributed by atoms with Crippen molar-refractivity contribution in [1.82, 2.24) is 19.7 Å². The standard InChI is InChI=1S/C13H18N4O2/c1-10-14-5-7-17(10)6-2-3-12-15-13(16-19-12)11-4-8-18-9-11/h5,7,11H,2-4,6,8-9H2,1H3. The van der Waals surface area contributed by atoms with E-state index < -0.39 is 0 Å². The lowest BCUT2D eigenvalue weighted by atomic mass is 10.1. The van der Waals surface area contributed by atoms with E-state index in [2.05, 4.69) is 19.7 Å². The zero-order valence-corrected chi connectivity index (χ0v) is 11.1. The third kappa shape index (κ3) is 2.84. The summed E-state index contributed by atoms with van der Waals surface area (Å²) in [5.74, 6) is 2.87. The predicted octanol–water partition coefficient (Wildman–Crippen LogP) is 1.71. The van der Waals surface area contributed by atoms with E-state index in [1.165, 1.54) is 0 Å². The third-order valence-corrected chi connectivity index (χ3v) is 3.49. The first-order valence-corrected chi connectivity index (χ1v) is 6.71. The van der Waals surface area contributed by atoms with Crippen molar-refractivity contribution >= 4 is 0 Å². The molecule has 1 aliphatic heterocycles. The highest BCUT2D eigenvalue weighted by Crippen LogP contribution is 2.22. The van der Waals surface area contributed by atoms with Crippen molar-refractivity contribution in [3.8, 4) is 0 Å². The zero-order chi connectivity index (χ0) is 13.1. The molecule has 1 atom stereocenters. The van der Waals surface area contributed by atoms with Crippen LogP contribution in [0.2, 0.25) is 0 Å². The van der Waals surface area contributed by atoms with Crippen LogP contribution in [-0.2, 0) is 17.7 Å². The van der Waals surface area contributed by atoms with Crippen LogP contribution < -0.4 is 0 Å². The van der Waals surface area contributed by atoms with Gasteiger partial charge in [-0.1, -0.05) is 5.16 Å². The van der Waals surface area contributed by atoms with E-state index in [4.69, 9.17) is 9.26 Å². The van der Waals surface area contributed by atoms with E-state index in [0.717, 1.165) is 50.0 Å². The molecule has 6 heteroatoms. The van der Waals surface area contributed by atoms with Crippen molar-refractivity contribution in [2.45, 2.75) is 38.6 Å². The van der Waals surface area contributed by atoms with Crippen LogP contribution in [0.4, 0.5) is 0 Å². The van der Waals surface area contributed by atoms with Crippen LogP contribution in [0.1, 0.15) is 36.3 Å². The van der Waals surface area contributed by atoms with Crippen molar-refractivity contribution in [1.29, 1.82) is 0 Å². The molecule has 19 heavy (non-hydrogen) atoms. The van der Waals surface area contributed by atoms with Gasteiger partial charge in [-0.3, -0.25) is 0 Å². The third-order valence-electron chi connectivity index (χ3n) is 3.49. The maximum Gasteiger partial charge on any atom is 0.226 e. The molecule has 1 unspecified atom stereocenters. The van der Waals surface area contributed by atoms with Crippen molar-refractivity contribution in [3.05, 3.63) is 29.9 Å². The van der Waals surface area contributed by atoms with Gasteiger partial charge in [0.05, 0.1) is 6.61 Å². The van der Waals surface area contributed by atoms with Gasteiger partial charge in [0.1, 0.15) is 5.82 Å². The molecule has 0 N–H and O–H groups in total. The summed E-state index contributed by atoms with van der Waals surface area (Å²) in [6.07, 6.45) is 6.58. The van der Waals surface area contributed by atoms with Gasteiger partial charge in [-0.25, -0.2) is 4.98 Å². The van der Waals surface area contributed by atoms with Gasteiger partial charge in [0.15, 0.2) is 5.82 Å². The van der Waals surface area contributed by atoms with E-state index in [-0.39, 0.29) is 0 Å². The molecule has 0 amide bonds. The van der Waals surface area contributed by atoms with Crippen LogP contribution in [0.15, 0.2) is 16.9 Å². The van der Waals surface area contributed by atoms with Crippen LogP contribution in [0.5, 0.6) is 0 Å². The Balaban J connectivity index is 1.51. The minimum absolute atomic E-state index is 0.313. The Kier molecular flexibility index (Phi) is 3.59. The molecule has 3 heterocycles. The normalized spacial score (nSPS) is 19.1. The first-order valence-electron chi connectivity index (χ1n) is 6.71. The van der Waals surface area contributed by atoms with Crippen LogP contribution in [0, 0.1) is 6.92 Å². The number of rotatable bonds is 5. The molecular weight excluding hydrogens is 244 g/mol. The summed E-state index contributed by atoms with van der Waals surface area (Å²) < 4.78 is 12.7. The number of nitrogens with zero attached hydrogens (tertiary/aromatic N) is 4. The second-order valence-electron chi connectivity index (χ2n) is 4.88. The highest BCUT2D eigenvalue weighted by molar-refractivity contribution is 4.97. The van der Waals surface area contributed by atoms with Crippen molar-refractivity contribution in [2.75, 3.05) is 13.2 Å². The molecule has 0 saturated carbocycles. The summed E-state index contributed by atoms with van der Waals surface area (Å²) in [7, 11) is 0. The topological polar surface area (TPSA) is 66.0 Å². The Morgan fingerprint density at radius 2 is 2.42 bits per heavy atom. The van der Waals surface area contributed by atoms with Crippen molar-refractivity contribution < 1.29 is 9.26 Å². The zero-order valence-electron chi connectivity index (χ0n) is 11.1. The Morgan fingerprint density at radius 1 is 1.47 bits per heavy atom. The molecule has 3 rings (SSSR count). The van der Waals surface area contributed by atoms with Gasteiger partial charge in [0.2, 0.25) is 5.89 Å². The summed E-state index contributed by atoms with van der Waals surface area (Å²) in [5, 5.41) is 4.05. The minimum Gasteiger partial charge on any atom is -0.381 e. The molecular formula is C13H18N4O2. The average Bonchev–Trinajstić information content (AvgIpc) is 3.11. The molecule has 0 radical (unpaired) electrons. The molecule has 2 aromatic heterocycles. The van der Waals surface area contributed by atoms with Gasteiger partial charge in [0.25, 0.3) is 0 Å². The fourth-order valence-corrected chi connectivity index (χ4v) is 2.31. The molecule has 0 spiro atoms. The molecule has 1 aliphatic rings. The van der Waals surface area contributed by atoms with Gasteiger partial charge in [0, 0.05) is 37.9 Å². The number of imidazole rings is 1. The minimum atomic E-state index is 0.313. The molecule has 6 nitrogen and oxygen atoms in total. The van der Waals surface area contributed by atoms with Crippen molar-refractivity contribution in [2.24, 2.45) is 0 Å². The Morgan fingerprint density at radius 3 is 3.16 bits per heavy atom. The smallest absolute Gasteiger partial charge is 0.226 e. The second kappa shape index (κ2) is 5.52. The first-order chi connectivity index (χ1) is 9.33. The molecule has 0 bridgehead atoms. The number of ether oxygens (including phenoxy) is 1. The highest BCUT2D eigenvalue weighted by Gasteiger charge is 2.22. The Bertz CT molecular complexity index is 528. The van der Waals surface area contributed by atoms with E-state index >= 15 is 0 Å². The lowest BCUT2D eigenvalue weighted by Crippen LogP contribution is -2.02. The molecule has 0 aliphatic carbocycles. The summed E-state index contributed by atoms with van der Waals surface area (Å²) in [6, 6.07) is 0. The summed E-state index contributed by atoms with van der Waals surface area (Å²) >= 11 is 0. The Hall–Kier alpha value is -1.69. The SMILES string of the molecule is Cc1nccn1CCCc1nc(C2CCOC2)no1. The largest absolute Gasteiger partial charge is 0.381 e. The maximum atomic E-state index is 5.33. The number of hydrogen-bond donors (Lipinski definition) is 0. The van der Waals surface area contributed by atoms with E-state index in [0.29, 0.717) is 12.5 Å². The van der Waals surface area contributed by atoms with Gasteiger partial charge in [-0.15, -0.1) is 0 Å². The quantitative estimate of drug-likeness (QED) is 0.820. The fraction of sp³-hybridized carbons (Fsp3) is 0.615. The number of aryl methyl sites for hydroxylation is 3. The van der Waals surface area contributed by atoms with E-state index in [1.807, 2.05) is 19.3 Å². The number of hydrogen-bond acceptors (Lipinski definition) is 5. The van der Waals surface area contributed by atoms with Crippen LogP contribution in [-0.4, -0.2) is 32.9 Å². The molecule has 0 aromatic carbocycles. The van der Waals surface area contributed by atoms with Gasteiger partial charge >= 0.3 is 0 Å². The molecule has 102 valence electrons. The van der Waals surface area contributed by atoms with Crippen LogP contribution >= 0.6 is 0 Å². The average molecular weight is 262 g/mol. The van der Waals surface area contributed by atoms with E-state index in [9.17, 15) is 0 Å². The van der Waals surface area contributed by atoms with Crippen molar-refractivity contribution in [3.63, 3.8) is 0 Å². The Labute approximate surface area is 111 Å². The van der Waals surface area contributed by atoms with Gasteiger partial charge in [-0.2, -0.15) is 4.98 Å². The summed E-state index contributed by atoms with van der Waals surface area (Å²) in [5.41, 5.74) is 0. The lowest BCUT2D eigenvalue weighted by molar-refractivity contribution is 0.192. The maximum absolute atomic E-state index is 5.33. The molecule has 2 aromatic rings. The highest BCUT2D eigenvalue weighted by atomic mass is 16.5. The van der Waals surface area contributed by atoms with Gasteiger partial charge in [-0.05, 0) is 19.8 Å². The fourth-order valence-electron chi connectivity index (χ4n) is 2.31. The number of aromatic nitrogens is 4.